The smallest absolute Gasteiger partial charge is 0.216 e. The lowest BCUT2D eigenvalue weighted by atomic mass is 10.2. The van der Waals surface area contributed by atoms with Gasteiger partial charge in [0.05, 0.1) is 11.2 Å². The maximum absolute atomic E-state index is 9.29. The monoisotopic (exact) mass is 364 g/mol. The van der Waals surface area contributed by atoms with Crippen molar-refractivity contribution < 1.29 is 5.11 Å². The summed E-state index contributed by atoms with van der Waals surface area (Å²) in [7, 11) is 0. The van der Waals surface area contributed by atoms with Gasteiger partial charge in [0.15, 0.2) is 5.82 Å². The van der Waals surface area contributed by atoms with E-state index in [9.17, 15) is 5.11 Å². The average molecular weight is 365 g/mol. The van der Waals surface area contributed by atoms with Crippen LogP contribution in [0.3, 0.4) is 0 Å². The molecule has 0 bridgehead atoms. The lowest BCUT2D eigenvalue weighted by molar-refractivity contribution is 0.475. The Bertz CT molecular complexity index is 931. The van der Waals surface area contributed by atoms with Crippen LogP contribution in [0.2, 0.25) is 10.0 Å². The predicted molar refractivity (Wildman–Crippen MR) is 94.0 cm³/mol. The molecule has 0 saturated heterocycles. The number of hydrogen-bond donors (Lipinski definition) is 2. The van der Waals surface area contributed by atoms with Gasteiger partial charge in [-0.25, -0.2) is 5.10 Å². The number of aromatic hydroxyl groups is 1. The molecular weight excluding hydrogens is 355 g/mol. The topological polar surface area (TPSA) is 66.2 Å². The zero-order valence-electron chi connectivity index (χ0n) is 11.6. The van der Waals surface area contributed by atoms with Gasteiger partial charge in [-0.3, -0.25) is 0 Å². The van der Waals surface area contributed by atoms with Crippen molar-refractivity contribution in [3.8, 4) is 17.1 Å². The molecular formula is C15H10Cl2N4OS. The summed E-state index contributed by atoms with van der Waals surface area (Å²) in [6, 6.07) is 11.7. The minimum absolute atomic E-state index is 0.190. The summed E-state index contributed by atoms with van der Waals surface area (Å²) in [6.45, 7) is 0. The van der Waals surface area contributed by atoms with Crippen LogP contribution < -0.4 is 0 Å². The molecule has 0 unspecified atom stereocenters. The van der Waals surface area contributed by atoms with Crippen LogP contribution in [-0.4, -0.2) is 26.2 Å². The number of aromatic nitrogens is 3. The lowest BCUT2D eigenvalue weighted by Gasteiger charge is -2.04. The molecule has 0 atom stereocenters. The van der Waals surface area contributed by atoms with Crippen molar-refractivity contribution in [2.45, 2.75) is 0 Å². The Hall–Kier alpha value is -2.15. The number of rotatable bonds is 3. The largest absolute Gasteiger partial charge is 0.508 e. The molecule has 0 amide bonds. The van der Waals surface area contributed by atoms with E-state index in [0.717, 1.165) is 5.56 Å². The standard InChI is InChI=1S/C15H10Cl2N4OS/c16-10-3-6-12(13(17)7-10)14-19-20-15(23)21(14)18-8-9-1-4-11(22)5-2-9/h1-8,22H,(H,20,23). The fourth-order valence-electron chi connectivity index (χ4n) is 1.93. The van der Waals surface area contributed by atoms with Crippen molar-refractivity contribution in [2.24, 2.45) is 5.10 Å². The second-order valence-electron chi connectivity index (χ2n) is 4.62. The first-order chi connectivity index (χ1) is 11.0. The van der Waals surface area contributed by atoms with Crippen LogP contribution in [0.1, 0.15) is 5.56 Å². The van der Waals surface area contributed by atoms with E-state index in [4.69, 9.17) is 35.4 Å². The van der Waals surface area contributed by atoms with E-state index in [1.807, 2.05) is 0 Å². The molecule has 1 aromatic heterocycles. The van der Waals surface area contributed by atoms with Crippen LogP contribution in [0.15, 0.2) is 47.6 Å². The Morgan fingerprint density at radius 2 is 1.91 bits per heavy atom. The van der Waals surface area contributed by atoms with Crippen molar-refractivity contribution in [1.29, 1.82) is 0 Å². The van der Waals surface area contributed by atoms with E-state index in [-0.39, 0.29) is 5.75 Å². The second-order valence-corrected chi connectivity index (χ2v) is 5.85. The minimum atomic E-state index is 0.190. The van der Waals surface area contributed by atoms with E-state index >= 15 is 0 Å². The van der Waals surface area contributed by atoms with Gasteiger partial charge in [0, 0.05) is 10.6 Å². The number of benzene rings is 2. The average Bonchev–Trinajstić information content (AvgIpc) is 2.88. The first-order valence-corrected chi connectivity index (χ1v) is 7.67. The van der Waals surface area contributed by atoms with Crippen LogP contribution in [0, 0.1) is 4.77 Å². The summed E-state index contributed by atoms with van der Waals surface area (Å²) in [4.78, 5) is 0. The second kappa shape index (κ2) is 6.54. The first kappa shape index (κ1) is 15.7. The number of phenolic OH excluding ortho intramolecular Hbond substituents is 1. The molecule has 2 aromatic carbocycles. The molecule has 0 fully saturated rings. The molecule has 8 heteroatoms. The summed E-state index contributed by atoms with van der Waals surface area (Å²) in [6.07, 6.45) is 1.61. The predicted octanol–water partition coefficient (Wildman–Crippen LogP) is 4.50. The third kappa shape index (κ3) is 3.44. The van der Waals surface area contributed by atoms with Gasteiger partial charge in [0.25, 0.3) is 0 Å². The molecule has 0 aliphatic rings. The molecule has 3 rings (SSSR count). The number of hydrogen-bond acceptors (Lipinski definition) is 4. The van der Waals surface area contributed by atoms with E-state index in [0.29, 0.717) is 26.2 Å². The zero-order valence-corrected chi connectivity index (χ0v) is 13.9. The van der Waals surface area contributed by atoms with Gasteiger partial charge in [0.2, 0.25) is 4.77 Å². The number of nitrogens with zero attached hydrogens (tertiary/aromatic N) is 3. The summed E-state index contributed by atoms with van der Waals surface area (Å²) in [5, 5.41) is 21.5. The van der Waals surface area contributed by atoms with Gasteiger partial charge < -0.3 is 5.11 Å². The summed E-state index contributed by atoms with van der Waals surface area (Å²) in [5.74, 6) is 0.669. The third-order valence-corrected chi connectivity index (χ3v) is 3.85. The van der Waals surface area contributed by atoms with Crippen LogP contribution in [0.4, 0.5) is 0 Å². The Labute approximate surface area is 146 Å². The summed E-state index contributed by atoms with van der Waals surface area (Å²) < 4.78 is 1.80. The van der Waals surface area contributed by atoms with Crippen LogP contribution in [0.25, 0.3) is 11.4 Å². The maximum Gasteiger partial charge on any atom is 0.216 e. The Balaban J connectivity index is 2.02. The summed E-state index contributed by atoms with van der Waals surface area (Å²) >= 11 is 17.3. The highest BCUT2D eigenvalue weighted by Crippen LogP contribution is 2.29. The Morgan fingerprint density at radius 3 is 2.61 bits per heavy atom. The molecule has 0 radical (unpaired) electrons. The first-order valence-electron chi connectivity index (χ1n) is 6.51. The highest BCUT2D eigenvalue weighted by Gasteiger charge is 2.12. The minimum Gasteiger partial charge on any atom is -0.508 e. The highest BCUT2D eigenvalue weighted by molar-refractivity contribution is 7.71. The Kier molecular flexibility index (Phi) is 4.47. The molecule has 3 aromatic rings. The number of H-pyrrole nitrogens is 1. The van der Waals surface area contributed by atoms with Gasteiger partial charge >= 0.3 is 0 Å². The Morgan fingerprint density at radius 1 is 1.17 bits per heavy atom. The van der Waals surface area contributed by atoms with Crippen LogP contribution in [0.5, 0.6) is 5.75 Å². The van der Waals surface area contributed by atoms with Gasteiger partial charge in [-0.05, 0) is 60.2 Å². The molecule has 0 spiro atoms. The number of halogens is 2. The van der Waals surface area contributed by atoms with Crippen LogP contribution in [-0.2, 0) is 0 Å². The fourth-order valence-corrected chi connectivity index (χ4v) is 2.60. The number of nitrogens with one attached hydrogen (secondary N) is 1. The normalized spacial score (nSPS) is 11.2. The van der Waals surface area contributed by atoms with E-state index in [1.165, 1.54) is 4.68 Å². The summed E-state index contributed by atoms with van der Waals surface area (Å²) in [5.41, 5.74) is 1.46. The van der Waals surface area contributed by atoms with Crippen molar-refractivity contribution in [1.82, 2.24) is 14.9 Å². The lowest BCUT2D eigenvalue weighted by Crippen LogP contribution is -1.95. The molecule has 2 N–H and O–H groups in total. The third-order valence-electron chi connectivity index (χ3n) is 3.04. The zero-order chi connectivity index (χ0) is 16.4. The van der Waals surface area contributed by atoms with Gasteiger partial charge in [0.1, 0.15) is 5.75 Å². The SMILES string of the molecule is Oc1ccc(C=Nn2c(-c3ccc(Cl)cc3Cl)n[nH]c2=S)cc1. The molecule has 116 valence electrons. The highest BCUT2D eigenvalue weighted by atomic mass is 35.5. The van der Waals surface area contributed by atoms with Gasteiger partial charge in [-0.1, -0.05) is 23.2 Å². The van der Waals surface area contributed by atoms with E-state index in [1.54, 1.807) is 48.7 Å². The van der Waals surface area contributed by atoms with Crippen molar-refractivity contribution in [2.75, 3.05) is 0 Å². The van der Waals surface area contributed by atoms with Crippen molar-refractivity contribution in [3.05, 3.63) is 62.8 Å². The van der Waals surface area contributed by atoms with Gasteiger partial charge in [-0.15, -0.1) is 0 Å². The van der Waals surface area contributed by atoms with Gasteiger partial charge in [-0.2, -0.15) is 14.9 Å². The van der Waals surface area contributed by atoms with E-state index in [2.05, 4.69) is 15.3 Å². The fraction of sp³-hybridized carbons (Fsp3) is 0. The number of aromatic amines is 1. The molecule has 5 nitrogen and oxygen atoms in total. The molecule has 23 heavy (non-hydrogen) atoms. The quantitative estimate of drug-likeness (QED) is 0.530. The van der Waals surface area contributed by atoms with Crippen LogP contribution >= 0.6 is 35.4 Å². The molecule has 1 heterocycles. The number of phenols is 1. The van der Waals surface area contributed by atoms with Crippen molar-refractivity contribution >= 4 is 41.6 Å². The maximum atomic E-state index is 9.29. The van der Waals surface area contributed by atoms with E-state index < -0.39 is 0 Å². The van der Waals surface area contributed by atoms with Crippen molar-refractivity contribution in [3.63, 3.8) is 0 Å². The molecule has 0 aliphatic heterocycles. The molecule has 0 aliphatic carbocycles. The molecule has 0 saturated carbocycles.